The second-order valence-electron chi connectivity index (χ2n) is 5.04. The molecule has 0 amide bonds. The van der Waals surface area contributed by atoms with E-state index in [4.69, 9.17) is 5.11 Å². The zero-order chi connectivity index (χ0) is 11.2. The van der Waals surface area contributed by atoms with Gasteiger partial charge in [-0.3, -0.25) is 4.68 Å². The SMILES string of the molecule is Cn1nc(C(=O)O)c2c1CCC(C)(C)C2. The Labute approximate surface area is 88.9 Å². The Kier molecular flexibility index (Phi) is 2.10. The highest BCUT2D eigenvalue weighted by atomic mass is 16.4. The van der Waals surface area contributed by atoms with Gasteiger partial charge >= 0.3 is 5.97 Å². The summed E-state index contributed by atoms with van der Waals surface area (Å²) in [5.74, 6) is -0.912. The minimum atomic E-state index is -0.912. The summed E-state index contributed by atoms with van der Waals surface area (Å²) in [5, 5.41) is 13.1. The number of carboxylic acid groups (broad SMARTS) is 1. The van der Waals surface area contributed by atoms with Crippen LogP contribution in [0.25, 0.3) is 0 Å². The molecule has 0 unspecified atom stereocenters. The zero-order valence-electron chi connectivity index (χ0n) is 9.37. The molecular formula is C11H16N2O2. The van der Waals surface area contributed by atoms with Crippen LogP contribution < -0.4 is 0 Å². The summed E-state index contributed by atoms with van der Waals surface area (Å²) in [6.07, 6.45) is 2.84. The van der Waals surface area contributed by atoms with E-state index in [0.29, 0.717) is 0 Å². The Balaban J connectivity index is 2.51. The monoisotopic (exact) mass is 208 g/mol. The van der Waals surface area contributed by atoms with Crippen LogP contribution in [-0.4, -0.2) is 20.9 Å². The highest BCUT2D eigenvalue weighted by molar-refractivity contribution is 5.87. The van der Waals surface area contributed by atoms with Crippen molar-refractivity contribution < 1.29 is 9.90 Å². The van der Waals surface area contributed by atoms with Gasteiger partial charge < -0.3 is 5.11 Å². The highest BCUT2D eigenvalue weighted by Gasteiger charge is 2.32. The first-order valence-electron chi connectivity index (χ1n) is 5.19. The number of hydrogen-bond donors (Lipinski definition) is 1. The molecule has 0 aromatic carbocycles. The number of fused-ring (bicyclic) bond motifs is 1. The molecule has 2 rings (SSSR count). The van der Waals surface area contributed by atoms with E-state index in [1.54, 1.807) is 4.68 Å². The molecule has 1 aliphatic rings. The molecule has 82 valence electrons. The molecule has 1 aliphatic carbocycles. The molecule has 1 aromatic heterocycles. The van der Waals surface area contributed by atoms with Crippen molar-refractivity contribution in [1.29, 1.82) is 0 Å². The number of aryl methyl sites for hydroxylation is 1. The number of carbonyl (C=O) groups is 1. The number of hydrogen-bond acceptors (Lipinski definition) is 2. The largest absolute Gasteiger partial charge is 0.476 e. The number of aromatic carboxylic acids is 1. The summed E-state index contributed by atoms with van der Waals surface area (Å²) in [6, 6.07) is 0. The molecule has 4 heteroatoms. The second kappa shape index (κ2) is 3.08. The van der Waals surface area contributed by atoms with Crippen molar-refractivity contribution in [2.24, 2.45) is 12.5 Å². The van der Waals surface area contributed by atoms with Gasteiger partial charge in [0, 0.05) is 18.3 Å². The lowest BCUT2D eigenvalue weighted by Crippen LogP contribution is -2.23. The third-order valence-corrected chi connectivity index (χ3v) is 3.17. The van der Waals surface area contributed by atoms with Crippen LogP contribution >= 0.6 is 0 Å². The van der Waals surface area contributed by atoms with Gasteiger partial charge in [-0.25, -0.2) is 4.79 Å². The van der Waals surface area contributed by atoms with Gasteiger partial charge in [-0.2, -0.15) is 5.10 Å². The molecule has 0 aliphatic heterocycles. The molecule has 1 aromatic rings. The lowest BCUT2D eigenvalue weighted by molar-refractivity contribution is 0.0687. The molecule has 0 bridgehead atoms. The molecule has 1 N–H and O–H groups in total. The average molecular weight is 208 g/mol. The fourth-order valence-corrected chi connectivity index (χ4v) is 2.30. The summed E-state index contributed by atoms with van der Waals surface area (Å²) in [7, 11) is 1.82. The van der Waals surface area contributed by atoms with Crippen LogP contribution in [0.2, 0.25) is 0 Å². The lowest BCUT2D eigenvalue weighted by Gasteiger charge is -2.29. The summed E-state index contributed by atoms with van der Waals surface area (Å²) in [6.45, 7) is 4.35. The van der Waals surface area contributed by atoms with Crippen molar-refractivity contribution in [3.8, 4) is 0 Å². The molecule has 0 fully saturated rings. The van der Waals surface area contributed by atoms with E-state index >= 15 is 0 Å². The van der Waals surface area contributed by atoms with E-state index in [0.717, 1.165) is 30.5 Å². The third-order valence-electron chi connectivity index (χ3n) is 3.17. The predicted octanol–water partition coefficient (Wildman–Crippen LogP) is 1.63. The van der Waals surface area contributed by atoms with Crippen molar-refractivity contribution >= 4 is 5.97 Å². The number of rotatable bonds is 1. The molecule has 0 radical (unpaired) electrons. The second-order valence-corrected chi connectivity index (χ2v) is 5.04. The fraction of sp³-hybridized carbons (Fsp3) is 0.636. The Morgan fingerprint density at radius 2 is 2.20 bits per heavy atom. The number of carboxylic acids is 1. The number of aromatic nitrogens is 2. The molecule has 0 saturated heterocycles. The van der Waals surface area contributed by atoms with Gasteiger partial charge in [0.25, 0.3) is 0 Å². The molecule has 0 atom stereocenters. The first-order chi connectivity index (χ1) is 6.91. The topological polar surface area (TPSA) is 55.1 Å². The smallest absolute Gasteiger partial charge is 0.356 e. The fourth-order valence-electron chi connectivity index (χ4n) is 2.30. The van der Waals surface area contributed by atoms with Crippen LogP contribution in [0.5, 0.6) is 0 Å². The van der Waals surface area contributed by atoms with Gasteiger partial charge in [0.1, 0.15) is 0 Å². The molecule has 4 nitrogen and oxygen atoms in total. The van der Waals surface area contributed by atoms with Crippen LogP contribution in [0.15, 0.2) is 0 Å². The van der Waals surface area contributed by atoms with E-state index in [9.17, 15) is 4.79 Å². The van der Waals surface area contributed by atoms with Crippen molar-refractivity contribution in [2.45, 2.75) is 33.1 Å². The Hall–Kier alpha value is -1.32. The minimum absolute atomic E-state index is 0.195. The zero-order valence-corrected chi connectivity index (χ0v) is 9.37. The van der Waals surface area contributed by atoms with Crippen LogP contribution in [0.1, 0.15) is 42.0 Å². The molecule has 1 heterocycles. The number of nitrogens with zero attached hydrogens (tertiary/aromatic N) is 2. The summed E-state index contributed by atoms with van der Waals surface area (Å²) >= 11 is 0. The van der Waals surface area contributed by atoms with Gasteiger partial charge in [0.2, 0.25) is 0 Å². The first-order valence-corrected chi connectivity index (χ1v) is 5.19. The summed E-state index contributed by atoms with van der Waals surface area (Å²) in [4.78, 5) is 11.0. The maximum atomic E-state index is 11.0. The lowest BCUT2D eigenvalue weighted by atomic mass is 9.76. The maximum absolute atomic E-state index is 11.0. The minimum Gasteiger partial charge on any atom is -0.476 e. The van der Waals surface area contributed by atoms with Gasteiger partial charge in [-0.05, 0) is 24.7 Å². The molecule has 0 saturated carbocycles. The average Bonchev–Trinajstić information content (AvgIpc) is 2.41. The molecule has 0 spiro atoms. The highest BCUT2D eigenvalue weighted by Crippen LogP contribution is 2.35. The van der Waals surface area contributed by atoms with Gasteiger partial charge in [-0.15, -0.1) is 0 Å². The van der Waals surface area contributed by atoms with Crippen molar-refractivity contribution in [3.05, 3.63) is 17.0 Å². The first kappa shape index (κ1) is 10.2. The Bertz CT molecular complexity index is 418. The van der Waals surface area contributed by atoms with Crippen LogP contribution in [-0.2, 0) is 19.9 Å². The van der Waals surface area contributed by atoms with Crippen LogP contribution in [0, 0.1) is 5.41 Å². The van der Waals surface area contributed by atoms with E-state index in [1.165, 1.54) is 0 Å². The van der Waals surface area contributed by atoms with E-state index in [1.807, 2.05) is 7.05 Å². The van der Waals surface area contributed by atoms with Crippen molar-refractivity contribution in [2.75, 3.05) is 0 Å². The van der Waals surface area contributed by atoms with Gasteiger partial charge in [0.05, 0.1) is 0 Å². The molecular weight excluding hydrogens is 192 g/mol. The van der Waals surface area contributed by atoms with Gasteiger partial charge in [-0.1, -0.05) is 13.8 Å². The van der Waals surface area contributed by atoms with E-state index in [2.05, 4.69) is 18.9 Å². The normalized spacial score (nSPS) is 18.6. The standard InChI is InChI=1S/C11H16N2O2/c1-11(2)5-4-8-7(6-11)9(10(14)15)12-13(8)3/h4-6H2,1-3H3,(H,14,15). The summed E-state index contributed by atoms with van der Waals surface area (Å²) < 4.78 is 1.72. The van der Waals surface area contributed by atoms with Crippen molar-refractivity contribution in [1.82, 2.24) is 9.78 Å². The Morgan fingerprint density at radius 1 is 1.53 bits per heavy atom. The van der Waals surface area contributed by atoms with Crippen molar-refractivity contribution in [3.63, 3.8) is 0 Å². The van der Waals surface area contributed by atoms with E-state index in [-0.39, 0.29) is 11.1 Å². The summed E-state index contributed by atoms with van der Waals surface area (Å²) in [5.41, 5.74) is 2.45. The Morgan fingerprint density at radius 3 is 2.80 bits per heavy atom. The predicted molar refractivity (Wildman–Crippen MR) is 56.0 cm³/mol. The van der Waals surface area contributed by atoms with Crippen LogP contribution in [0.3, 0.4) is 0 Å². The maximum Gasteiger partial charge on any atom is 0.356 e. The quantitative estimate of drug-likeness (QED) is 0.763. The molecule has 15 heavy (non-hydrogen) atoms. The van der Waals surface area contributed by atoms with Crippen LogP contribution in [0.4, 0.5) is 0 Å². The third kappa shape index (κ3) is 1.64. The van der Waals surface area contributed by atoms with E-state index < -0.39 is 5.97 Å². The van der Waals surface area contributed by atoms with Gasteiger partial charge in [0.15, 0.2) is 5.69 Å².